The van der Waals surface area contributed by atoms with Crippen molar-refractivity contribution >= 4 is 59.3 Å². The van der Waals surface area contributed by atoms with Crippen molar-refractivity contribution in [1.29, 1.82) is 0 Å². The molecule has 13 nitrogen and oxygen atoms in total. The van der Waals surface area contributed by atoms with Gasteiger partial charge in [-0.15, -0.1) is 5.53 Å². The lowest BCUT2D eigenvalue weighted by Crippen LogP contribution is -2.46. The van der Waals surface area contributed by atoms with Crippen LogP contribution in [0.15, 0.2) is 53.6 Å². The molecule has 41 heavy (non-hydrogen) atoms. The number of hydrazone groups is 1. The summed E-state index contributed by atoms with van der Waals surface area (Å²) in [5.74, 6) is -1.95. The number of nitrogens with one attached hydrogen (secondary N) is 4. The zero-order valence-electron chi connectivity index (χ0n) is 22.2. The third-order valence-corrected chi connectivity index (χ3v) is 6.96. The van der Waals surface area contributed by atoms with Crippen LogP contribution in [-0.4, -0.2) is 66.5 Å². The summed E-state index contributed by atoms with van der Waals surface area (Å²) in [5.41, 5.74) is 7.22. The van der Waals surface area contributed by atoms with Crippen molar-refractivity contribution in [1.82, 2.24) is 21.3 Å². The first kappa shape index (κ1) is 29.4. The van der Waals surface area contributed by atoms with Gasteiger partial charge in [-0.25, -0.2) is 20.1 Å². The minimum absolute atomic E-state index is 0.0675. The minimum Gasteiger partial charge on any atom is -0.478 e. The number of halogens is 1. The summed E-state index contributed by atoms with van der Waals surface area (Å²) in [6.07, 6.45) is 5.65. The third kappa shape index (κ3) is 7.96. The number of carboxylic acids is 1. The first-order valence-corrected chi connectivity index (χ1v) is 13.2. The van der Waals surface area contributed by atoms with Gasteiger partial charge in [0.1, 0.15) is 12.4 Å². The molecule has 216 valence electrons. The number of nitrogens with zero attached hydrogens (tertiary/aromatic N) is 3. The molecule has 0 spiro atoms. The number of methoxy groups -OCH3 is 1. The summed E-state index contributed by atoms with van der Waals surface area (Å²) in [7, 11) is 1.33. The van der Waals surface area contributed by atoms with Crippen LogP contribution < -0.4 is 26.7 Å². The summed E-state index contributed by atoms with van der Waals surface area (Å²) in [4.78, 5) is 50.9. The molecule has 0 unspecified atom stereocenters. The van der Waals surface area contributed by atoms with Crippen LogP contribution in [0.25, 0.3) is 6.08 Å². The van der Waals surface area contributed by atoms with Crippen LogP contribution >= 0.6 is 11.6 Å². The maximum Gasteiger partial charge on any atom is 0.409 e. The van der Waals surface area contributed by atoms with E-state index in [1.54, 1.807) is 34.2 Å². The number of benzene rings is 2. The van der Waals surface area contributed by atoms with Crippen molar-refractivity contribution in [3.8, 4) is 0 Å². The van der Waals surface area contributed by atoms with Crippen LogP contribution in [0.5, 0.6) is 0 Å². The van der Waals surface area contributed by atoms with Gasteiger partial charge in [-0.1, -0.05) is 11.6 Å². The van der Waals surface area contributed by atoms with Gasteiger partial charge in [-0.2, -0.15) is 5.10 Å². The Morgan fingerprint density at radius 2 is 1.90 bits per heavy atom. The van der Waals surface area contributed by atoms with E-state index in [-0.39, 0.29) is 11.5 Å². The Hall–Kier alpha value is -4.62. The van der Waals surface area contributed by atoms with E-state index in [9.17, 15) is 19.2 Å². The van der Waals surface area contributed by atoms with E-state index < -0.39 is 29.9 Å². The number of hydrogen-bond acceptors (Lipinski definition) is 9. The fourth-order valence-electron chi connectivity index (χ4n) is 4.55. The normalized spacial score (nSPS) is 15.9. The second-order valence-corrected chi connectivity index (χ2v) is 9.88. The highest BCUT2D eigenvalue weighted by molar-refractivity contribution is 6.30. The smallest absolute Gasteiger partial charge is 0.409 e. The van der Waals surface area contributed by atoms with Gasteiger partial charge >= 0.3 is 12.1 Å². The predicted octanol–water partition coefficient (Wildman–Crippen LogP) is 2.82. The first-order valence-electron chi connectivity index (χ1n) is 12.8. The minimum atomic E-state index is -1.08. The number of ether oxygens (including phenoxy) is 1. The first-order chi connectivity index (χ1) is 19.7. The standard InChI is InChI=1S/C27H30ClN7O6/c1-41-27(40)34-12-10-17(11-13-34)14-22(25(37)30-21-6-2-18(3-7-21)26(38)39)31-24(36)9-4-19-15-20(28)5-8-23(19)35-16-29-32-33-35/h2-9,15-17,22,32-33H,10-14H2,1H3,(H,30,37)(H,31,36)(H,38,39)/b9-4+/t22-/m0/s1. The van der Waals surface area contributed by atoms with E-state index in [1.807, 2.05) is 0 Å². The lowest BCUT2D eigenvalue weighted by Gasteiger charge is -2.32. The maximum absolute atomic E-state index is 13.3. The molecule has 0 aromatic heterocycles. The Kier molecular flexibility index (Phi) is 9.77. The molecule has 1 fully saturated rings. The molecule has 0 radical (unpaired) electrons. The number of likely N-dealkylation sites (tertiary alicyclic amines) is 1. The molecular formula is C27H30ClN7O6. The summed E-state index contributed by atoms with van der Waals surface area (Å²) in [5, 5.41) is 20.6. The highest BCUT2D eigenvalue weighted by Crippen LogP contribution is 2.25. The zero-order chi connectivity index (χ0) is 29.4. The highest BCUT2D eigenvalue weighted by atomic mass is 35.5. The molecule has 3 amide bonds. The number of carbonyl (C=O) groups excluding carboxylic acids is 3. The lowest BCUT2D eigenvalue weighted by molar-refractivity contribution is -0.124. The average molecular weight is 584 g/mol. The van der Waals surface area contributed by atoms with Crippen molar-refractivity contribution in [3.63, 3.8) is 0 Å². The molecule has 5 N–H and O–H groups in total. The topological polar surface area (TPSA) is 165 Å². The monoisotopic (exact) mass is 583 g/mol. The molecule has 4 rings (SSSR count). The van der Waals surface area contributed by atoms with E-state index in [0.717, 1.165) is 0 Å². The molecule has 0 aliphatic carbocycles. The summed E-state index contributed by atoms with van der Waals surface area (Å²) >= 11 is 6.18. The van der Waals surface area contributed by atoms with Gasteiger partial charge in [-0.05, 0) is 73.7 Å². The van der Waals surface area contributed by atoms with E-state index in [4.69, 9.17) is 21.4 Å². The number of rotatable bonds is 9. The Morgan fingerprint density at radius 1 is 1.17 bits per heavy atom. The molecule has 2 aliphatic heterocycles. The van der Waals surface area contributed by atoms with Crippen LogP contribution in [0.1, 0.15) is 35.2 Å². The summed E-state index contributed by atoms with van der Waals surface area (Å²) in [6.45, 7) is 0.965. The van der Waals surface area contributed by atoms with E-state index in [1.165, 1.54) is 43.8 Å². The molecule has 2 heterocycles. The second kappa shape index (κ2) is 13.6. The average Bonchev–Trinajstić information content (AvgIpc) is 3.51. The van der Waals surface area contributed by atoms with Crippen molar-refractivity contribution < 1.29 is 29.0 Å². The van der Waals surface area contributed by atoms with Gasteiger partial charge in [-0.3, -0.25) is 9.59 Å². The van der Waals surface area contributed by atoms with Gasteiger partial charge in [0.15, 0.2) is 0 Å². The van der Waals surface area contributed by atoms with Crippen molar-refractivity contribution in [2.24, 2.45) is 11.0 Å². The molecule has 2 aromatic rings. The molecule has 1 atom stereocenters. The van der Waals surface area contributed by atoms with Gasteiger partial charge in [0, 0.05) is 35.4 Å². The Morgan fingerprint density at radius 3 is 2.54 bits per heavy atom. The van der Waals surface area contributed by atoms with Gasteiger partial charge in [0.2, 0.25) is 11.8 Å². The molecule has 2 aromatic carbocycles. The number of amides is 3. The number of aromatic carboxylic acids is 1. The number of carboxylic acid groups (broad SMARTS) is 1. The quantitative estimate of drug-likeness (QED) is 0.279. The number of hydrazine groups is 2. The lowest BCUT2D eigenvalue weighted by atomic mass is 9.90. The van der Waals surface area contributed by atoms with Gasteiger partial charge < -0.3 is 25.4 Å². The Bertz CT molecular complexity index is 1340. The summed E-state index contributed by atoms with van der Waals surface area (Å²) < 4.78 is 4.79. The number of anilines is 2. The SMILES string of the molecule is COC(=O)N1CCC(C[C@H](NC(=O)/C=C/c2cc(Cl)ccc2N2C=NNN2)C(=O)Nc2ccc(C(=O)O)cc2)CC1. The van der Waals surface area contributed by atoms with Crippen LogP contribution in [-0.2, 0) is 14.3 Å². The third-order valence-electron chi connectivity index (χ3n) is 6.72. The molecule has 0 saturated carbocycles. The Balaban J connectivity index is 1.47. The second-order valence-electron chi connectivity index (χ2n) is 9.44. The van der Waals surface area contributed by atoms with E-state index in [0.29, 0.717) is 54.3 Å². The van der Waals surface area contributed by atoms with Crippen LogP contribution in [0, 0.1) is 5.92 Å². The molecule has 14 heteroatoms. The number of carbonyl (C=O) groups is 4. The van der Waals surface area contributed by atoms with Gasteiger partial charge in [0.25, 0.3) is 0 Å². The molecule has 0 bridgehead atoms. The summed E-state index contributed by atoms with van der Waals surface area (Å²) in [6, 6.07) is 10.0. The number of hydrogen-bond donors (Lipinski definition) is 5. The van der Waals surface area contributed by atoms with Crippen molar-refractivity contribution in [3.05, 3.63) is 64.7 Å². The van der Waals surface area contributed by atoms with Crippen LogP contribution in [0.2, 0.25) is 5.02 Å². The molecule has 1 saturated heterocycles. The molecule has 2 aliphatic rings. The number of piperidine rings is 1. The predicted molar refractivity (Wildman–Crippen MR) is 153 cm³/mol. The maximum atomic E-state index is 13.3. The van der Waals surface area contributed by atoms with Crippen molar-refractivity contribution in [2.45, 2.75) is 25.3 Å². The van der Waals surface area contributed by atoms with Crippen molar-refractivity contribution in [2.75, 3.05) is 30.5 Å². The van der Waals surface area contributed by atoms with E-state index >= 15 is 0 Å². The Labute approximate surface area is 241 Å². The fraction of sp³-hybridized carbons (Fsp3) is 0.296. The fourth-order valence-corrected chi connectivity index (χ4v) is 4.74. The highest BCUT2D eigenvalue weighted by Gasteiger charge is 2.29. The van der Waals surface area contributed by atoms with Crippen LogP contribution in [0.4, 0.5) is 16.2 Å². The molecular weight excluding hydrogens is 554 g/mol. The largest absolute Gasteiger partial charge is 0.478 e. The van der Waals surface area contributed by atoms with Gasteiger partial charge in [0.05, 0.1) is 18.4 Å². The van der Waals surface area contributed by atoms with Crippen LogP contribution in [0.3, 0.4) is 0 Å². The zero-order valence-corrected chi connectivity index (χ0v) is 22.9. The van der Waals surface area contributed by atoms with E-state index in [2.05, 4.69) is 26.8 Å².